The predicted octanol–water partition coefficient (Wildman–Crippen LogP) is 3.75. The summed E-state index contributed by atoms with van der Waals surface area (Å²) in [6.07, 6.45) is 3.69. The Balaban J connectivity index is 2.05. The van der Waals surface area contributed by atoms with Crippen LogP contribution in [0.15, 0.2) is 18.2 Å². The second-order valence-corrected chi connectivity index (χ2v) is 6.08. The largest absolute Gasteiger partial charge is 0.300 e. The lowest BCUT2D eigenvalue weighted by Gasteiger charge is -2.10. The number of H-pyrrole nitrogens is 1. The van der Waals surface area contributed by atoms with E-state index in [1.54, 1.807) is 0 Å². The van der Waals surface area contributed by atoms with Crippen LogP contribution >= 0.6 is 12.2 Å². The van der Waals surface area contributed by atoms with E-state index in [9.17, 15) is 0 Å². The minimum atomic E-state index is 0.553. The summed E-state index contributed by atoms with van der Waals surface area (Å²) in [5.41, 5.74) is 4.14. The Kier molecular flexibility index (Phi) is 3.27. The number of aromatic amines is 1. The SMILES string of the molecule is CC(C)Cn1c(-c2ccc3c(c2)CCC3)n[nH]c1=S. The zero-order valence-corrected chi connectivity index (χ0v) is 12.3. The highest BCUT2D eigenvalue weighted by Gasteiger charge is 2.15. The maximum absolute atomic E-state index is 5.34. The van der Waals surface area contributed by atoms with Crippen LogP contribution in [-0.2, 0) is 19.4 Å². The van der Waals surface area contributed by atoms with Crippen LogP contribution in [0.5, 0.6) is 0 Å². The molecule has 0 spiro atoms. The van der Waals surface area contributed by atoms with Crippen molar-refractivity contribution < 1.29 is 0 Å². The van der Waals surface area contributed by atoms with E-state index < -0.39 is 0 Å². The molecule has 1 aromatic heterocycles. The first-order valence-corrected chi connectivity index (χ1v) is 7.33. The van der Waals surface area contributed by atoms with E-state index in [2.05, 4.69) is 46.8 Å². The molecule has 0 bridgehead atoms. The molecule has 0 saturated heterocycles. The number of aromatic nitrogens is 3. The van der Waals surface area contributed by atoms with Gasteiger partial charge in [-0.15, -0.1) is 0 Å². The number of nitrogens with zero attached hydrogens (tertiary/aromatic N) is 2. The van der Waals surface area contributed by atoms with Crippen molar-refractivity contribution >= 4 is 12.2 Å². The van der Waals surface area contributed by atoms with Gasteiger partial charge in [0.15, 0.2) is 10.6 Å². The lowest BCUT2D eigenvalue weighted by atomic mass is 10.1. The van der Waals surface area contributed by atoms with Gasteiger partial charge >= 0.3 is 0 Å². The number of hydrogen-bond donors (Lipinski definition) is 1. The van der Waals surface area contributed by atoms with Crippen molar-refractivity contribution in [2.45, 2.75) is 39.7 Å². The van der Waals surface area contributed by atoms with E-state index >= 15 is 0 Å². The molecular weight excluding hydrogens is 254 g/mol. The molecule has 1 heterocycles. The quantitative estimate of drug-likeness (QED) is 0.864. The minimum absolute atomic E-state index is 0.553. The number of aryl methyl sites for hydroxylation is 2. The molecule has 0 aliphatic heterocycles. The van der Waals surface area contributed by atoms with E-state index in [0.717, 1.165) is 12.4 Å². The van der Waals surface area contributed by atoms with Crippen molar-refractivity contribution in [3.05, 3.63) is 34.1 Å². The molecule has 100 valence electrons. The summed E-state index contributed by atoms with van der Waals surface area (Å²) in [6.45, 7) is 5.30. The highest BCUT2D eigenvalue weighted by Crippen LogP contribution is 2.27. The minimum Gasteiger partial charge on any atom is -0.300 e. The smallest absolute Gasteiger partial charge is 0.195 e. The van der Waals surface area contributed by atoms with E-state index in [1.165, 1.54) is 36.0 Å². The van der Waals surface area contributed by atoms with Crippen molar-refractivity contribution in [2.24, 2.45) is 5.92 Å². The molecule has 1 aliphatic rings. The number of rotatable bonds is 3. The van der Waals surface area contributed by atoms with Gasteiger partial charge in [-0.05, 0) is 54.6 Å². The monoisotopic (exact) mass is 273 g/mol. The lowest BCUT2D eigenvalue weighted by molar-refractivity contribution is 0.521. The molecule has 3 rings (SSSR count). The fraction of sp³-hybridized carbons (Fsp3) is 0.467. The fourth-order valence-electron chi connectivity index (χ4n) is 2.78. The van der Waals surface area contributed by atoms with Gasteiger partial charge in [-0.25, -0.2) is 0 Å². The van der Waals surface area contributed by atoms with Crippen molar-refractivity contribution in [1.29, 1.82) is 0 Å². The second-order valence-electron chi connectivity index (χ2n) is 5.69. The first-order valence-electron chi connectivity index (χ1n) is 6.92. The van der Waals surface area contributed by atoms with Gasteiger partial charge in [0, 0.05) is 12.1 Å². The Bertz CT molecular complexity index is 652. The Morgan fingerprint density at radius 3 is 2.89 bits per heavy atom. The van der Waals surface area contributed by atoms with Crippen LogP contribution in [0.25, 0.3) is 11.4 Å². The van der Waals surface area contributed by atoms with E-state index in [1.807, 2.05) is 0 Å². The molecule has 3 nitrogen and oxygen atoms in total. The highest BCUT2D eigenvalue weighted by molar-refractivity contribution is 7.71. The Labute approximate surface area is 118 Å². The summed E-state index contributed by atoms with van der Waals surface area (Å²) in [7, 11) is 0. The van der Waals surface area contributed by atoms with Gasteiger partial charge in [-0.2, -0.15) is 5.10 Å². The normalized spacial score (nSPS) is 14.1. The van der Waals surface area contributed by atoms with Crippen LogP contribution in [-0.4, -0.2) is 14.8 Å². The highest BCUT2D eigenvalue weighted by atomic mass is 32.1. The third-order valence-corrected chi connectivity index (χ3v) is 3.97. The van der Waals surface area contributed by atoms with Crippen molar-refractivity contribution in [2.75, 3.05) is 0 Å². The molecule has 1 N–H and O–H groups in total. The third kappa shape index (κ3) is 2.37. The summed E-state index contributed by atoms with van der Waals surface area (Å²) < 4.78 is 2.82. The molecular formula is C15H19N3S. The van der Waals surface area contributed by atoms with Crippen LogP contribution in [0.2, 0.25) is 0 Å². The molecule has 1 aliphatic carbocycles. The van der Waals surface area contributed by atoms with Gasteiger partial charge in [0.05, 0.1) is 0 Å². The Morgan fingerprint density at radius 1 is 1.32 bits per heavy atom. The van der Waals surface area contributed by atoms with Crippen LogP contribution in [0.3, 0.4) is 0 Å². The number of fused-ring (bicyclic) bond motifs is 1. The van der Waals surface area contributed by atoms with Crippen molar-refractivity contribution in [3.63, 3.8) is 0 Å². The molecule has 0 atom stereocenters. The van der Waals surface area contributed by atoms with Gasteiger partial charge in [-0.3, -0.25) is 9.67 Å². The first kappa shape index (κ1) is 12.6. The maximum atomic E-state index is 5.34. The number of nitrogens with one attached hydrogen (secondary N) is 1. The molecule has 4 heteroatoms. The maximum Gasteiger partial charge on any atom is 0.195 e. The number of hydrogen-bond acceptors (Lipinski definition) is 2. The summed E-state index contributed by atoms with van der Waals surface area (Å²) in [6, 6.07) is 6.70. The van der Waals surface area contributed by atoms with Crippen molar-refractivity contribution in [1.82, 2.24) is 14.8 Å². The van der Waals surface area contributed by atoms with E-state index in [4.69, 9.17) is 12.2 Å². The van der Waals surface area contributed by atoms with Gasteiger partial charge < -0.3 is 0 Å². The third-order valence-electron chi connectivity index (χ3n) is 3.66. The van der Waals surface area contributed by atoms with Gasteiger partial charge in [0.2, 0.25) is 0 Å². The standard InChI is InChI=1S/C15H19N3S/c1-10(2)9-18-14(16-17-15(18)19)13-7-6-11-4-3-5-12(11)8-13/h6-8,10H,3-5,9H2,1-2H3,(H,17,19). The average molecular weight is 273 g/mol. The molecule has 0 unspecified atom stereocenters. The van der Waals surface area contributed by atoms with Gasteiger partial charge in [0.25, 0.3) is 0 Å². The lowest BCUT2D eigenvalue weighted by Crippen LogP contribution is -2.06. The predicted molar refractivity (Wildman–Crippen MR) is 79.7 cm³/mol. The molecule has 0 fully saturated rings. The molecule has 0 saturated carbocycles. The van der Waals surface area contributed by atoms with E-state index in [0.29, 0.717) is 10.7 Å². The fourth-order valence-corrected chi connectivity index (χ4v) is 2.99. The van der Waals surface area contributed by atoms with Crippen LogP contribution < -0.4 is 0 Å². The van der Waals surface area contributed by atoms with Gasteiger partial charge in [0.1, 0.15) is 0 Å². The molecule has 19 heavy (non-hydrogen) atoms. The zero-order chi connectivity index (χ0) is 13.4. The summed E-state index contributed by atoms with van der Waals surface area (Å²) in [4.78, 5) is 0. The van der Waals surface area contributed by atoms with Gasteiger partial charge in [-0.1, -0.05) is 26.0 Å². The van der Waals surface area contributed by atoms with Crippen molar-refractivity contribution in [3.8, 4) is 11.4 Å². The molecule has 0 radical (unpaired) electrons. The average Bonchev–Trinajstić information content (AvgIpc) is 2.96. The molecule has 0 amide bonds. The second kappa shape index (κ2) is 4.93. The molecule has 2 aromatic rings. The first-order chi connectivity index (χ1) is 9.15. The Hall–Kier alpha value is -1.42. The summed E-state index contributed by atoms with van der Waals surface area (Å²) in [5.74, 6) is 1.52. The summed E-state index contributed by atoms with van der Waals surface area (Å²) in [5, 5.41) is 7.33. The topological polar surface area (TPSA) is 33.6 Å². The van der Waals surface area contributed by atoms with Crippen LogP contribution in [0, 0.1) is 10.7 Å². The number of benzene rings is 1. The summed E-state index contributed by atoms with van der Waals surface area (Å²) >= 11 is 5.34. The molecule has 1 aromatic carbocycles. The van der Waals surface area contributed by atoms with Crippen LogP contribution in [0.4, 0.5) is 0 Å². The van der Waals surface area contributed by atoms with E-state index in [-0.39, 0.29) is 0 Å². The zero-order valence-electron chi connectivity index (χ0n) is 11.4. The van der Waals surface area contributed by atoms with Crippen LogP contribution in [0.1, 0.15) is 31.4 Å². The Morgan fingerprint density at radius 2 is 2.11 bits per heavy atom.